The molecule has 0 radical (unpaired) electrons. The number of carboxylic acids is 1. The van der Waals surface area contributed by atoms with Gasteiger partial charge in [-0.15, -0.1) is 0 Å². The average molecular weight is 161 g/mol. The van der Waals surface area contributed by atoms with Crippen LogP contribution in [0.1, 0.15) is 19.8 Å². The second-order valence-corrected chi connectivity index (χ2v) is 2.96. The summed E-state index contributed by atoms with van der Waals surface area (Å²) in [5.74, 6) is -0.560. The molecule has 0 spiro atoms. The van der Waals surface area contributed by atoms with Crippen molar-refractivity contribution in [1.82, 2.24) is 0 Å². The number of carboxylic acid groups (broad SMARTS) is 1. The number of aliphatic carboxylic acids is 1. The van der Waals surface area contributed by atoms with Crippen molar-refractivity contribution < 1.29 is 9.90 Å². The summed E-state index contributed by atoms with van der Waals surface area (Å²) in [6, 6.07) is 0. The fraction of sp³-hybridized carbons (Fsp3) is 0.571. The zero-order valence-corrected chi connectivity index (χ0v) is 6.48. The lowest BCUT2D eigenvalue weighted by molar-refractivity contribution is -0.132. The summed E-state index contributed by atoms with van der Waals surface area (Å²) >= 11 is 5.72. The normalized spacial score (nSPS) is 20.2. The standard InChI is InChI=1S/C7H9ClO2/c1-4(7(9)10)6(8)5-2-3-5/h5H,2-3H2,1H3,(H,9,10)/b6-4-. The predicted octanol–water partition coefficient (Wildman–Crippen LogP) is 1.99. The molecule has 0 aliphatic heterocycles. The highest BCUT2D eigenvalue weighted by atomic mass is 35.5. The monoisotopic (exact) mass is 160 g/mol. The summed E-state index contributed by atoms with van der Waals surface area (Å²) in [6.07, 6.45) is 2.09. The molecule has 2 nitrogen and oxygen atoms in total. The van der Waals surface area contributed by atoms with E-state index in [1.165, 1.54) is 0 Å². The first-order chi connectivity index (χ1) is 4.63. The van der Waals surface area contributed by atoms with E-state index in [4.69, 9.17) is 16.7 Å². The van der Waals surface area contributed by atoms with Crippen LogP contribution < -0.4 is 0 Å². The van der Waals surface area contributed by atoms with Gasteiger partial charge in [-0.05, 0) is 25.7 Å². The molecule has 3 heteroatoms. The first kappa shape index (κ1) is 7.61. The Hall–Kier alpha value is -0.500. The van der Waals surface area contributed by atoms with Crippen LogP contribution in [0.2, 0.25) is 0 Å². The van der Waals surface area contributed by atoms with E-state index in [0.29, 0.717) is 16.5 Å². The highest BCUT2D eigenvalue weighted by Gasteiger charge is 2.27. The Balaban J connectivity index is 2.71. The van der Waals surface area contributed by atoms with Gasteiger partial charge in [0.15, 0.2) is 0 Å². The molecule has 0 atom stereocenters. The van der Waals surface area contributed by atoms with E-state index in [1.54, 1.807) is 6.92 Å². The van der Waals surface area contributed by atoms with Gasteiger partial charge in [-0.1, -0.05) is 11.6 Å². The van der Waals surface area contributed by atoms with Gasteiger partial charge in [0.25, 0.3) is 0 Å². The molecule has 0 aromatic rings. The van der Waals surface area contributed by atoms with Crippen LogP contribution in [0.5, 0.6) is 0 Å². The van der Waals surface area contributed by atoms with Gasteiger partial charge in [-0.2, -0.15) is 0 Å². The third kappa shape index (κ3) is 1.51. The molecule has 0 saturated heterocycles. The summed E-state index contributed by atoms with van der Waals surface area (Å²) < 4.78 is 0. The largest absolute Gasteiger partial charge is 0.478 e. The maximum Gasteiger partial charge on any atom is 0.332 e. The molecule has 1 fully saturated rings. The van der Waals surface area contributed by atoms with Crippen molar-refractivity contribution in [3.63, 3.8) is 0 Å². The van der Waals surface area contributed by atoms with E-state index < -0.39 is 5.97 Å². The molecule has 1 aliphatic rings. The van der Waals surface area contributed by atoms with E-state index in [0.717, 1.165) is 12.8 Å². The first-order valence-electron chi connectivity index (χ1n) is 3.22. The number of hydrogen-bond acceptors (Lipinski definition) is 1. The third-order valence-corrected chi connectivity index (χ3v) is 2.21. The highest BCUT2D eigenvalue weighted by molar-refractivity contribution is 6.32. The van der Waals surface area contributed by atoms with E-state index >= 15 is 0 Å². The van der Waals surface area contributed by atoms with Crippen molar-refractivity contribution in [2.75, 3.05) is 0 Å². The Labute approximate surface area is 64.5 Å². The molecular weight excluding hydrogens is 152 g/mol. The lowest BCUT2D eigenvalue weighted by Gasteiger charge is -1.96. The summed E-state index contributed by atoms with van der Waals surface area (Å²) in [5, 5.41) is 9.02. The molecule has 56 valence electrons. The van der Waals surface area contributed by atoms with Crippen LogP contribution in [0.15, 0.2) is 10.6 Å². The van der Waals surface area contributed by atoms with Crippen molar-refractivity contribution in [3.8, 4) is 0 Å². The number of rotatable bonds is 2. The molecule has 1 N–H and O–H groups in total. The van der Waals surface area contributed by atoms with E-state index in [2.05, 4.69) is 0 Å². The van der Waals surface area contributed by atoms with Crippen LogP contribution in [0, 0.1) is 5.92 Å². The minimum atomic E-state index is -0.906. The average Bonchev–Trinajstić information content (AvgIpc) is 2.65. The van der Waals surface area contributed by atoms with Gasteiger partial charge >= 0.3 is 5.97 Å². The smallest absolute Gasteiger partial charge is 0.332 e. The van der Waals surface area contributed by atoms with Crippen molar-refractivity contribution in [1.29, 1.82) is 0 Å². The number of halogens is 1. The zero-order valence-electron chi connectivity index (χ0n) is 5.72. The Morgan fingerprint density at radius 2 is 2.10 bits per heavy atom. The lowest BCUT2D eigenvalue weighted by atomic mass is 10.2. The van der Waals surface area contributed by atoms with Crippen molar-refractivity contribution in [2.45, 2.75) is 19.8 Å². The summed E-state index contributed by atoms with van der Waals surface area (Å²) in [4.78, 5) is 10.3. The lowest BCUT2D eigenvalue weighted by Crippen LogP contribution is -1.98. The van der Waals surface area contributed by atoms with Crippen LogP contribution in [-0.4, -0.2) is 11.1 Å². The SMILES string of the molecule is C/C(C(=O)O)=C(/Cl)C1CC1. The minimum Gasteiger partial charge on any atom is -0.478 e. The maximum atomic E-state index is 10.3. The molecule has 0 heterocycles. The Bertz CT molecular complexity index is 192. The Kier molecular flexibility index (Phi) is 2.00. The van der Waals surface area contributed by atoms with Gasteiger partial charge in [0.05, 0.1) is 0 Å². The summed E-state index contributed by atoms with van der Waals surface area (Å²) in [6.45, 7) is 1.54. The molecule has 0 aromatic carbocycles. The van der Waals surface area contributed by atoms with Crippen molar-refractivity contribution >= 4 is 17.6 Å². The van der Waals surface area contributed by atoms with Crippen LogP contribution in [-0.2, 0) is 4.79 Å². The predicted molar refractivity (Wildman–Crippen MR) is 38.9 cm³/mol. The molecule has 1 rings (SSSR count). The molecule has 0 unspecified atom stereocenters. The van der Waals surface area contributed by atoms with Crippen LogP contribution >= 0.6 is 11.6 Å². The molecule has 1 saturated carbocycles. The number of allylic oxidation sites excluding steroid dienone is 1. The second-order valence-electron chi connectivity index (χ2n) is 2.55. The van der Waals surface area contributed by atoms with Gasteiger partial charge in [-0.25, -0.2) is 4.79 Å². The highest BCUT2D eigenvalue weighted by Crippen LogP contribution is 2.40. The van der Waals surface area contributed by atoms with Crippen LogP contribution in [0.25, 0.3) is 0 Å². The van der Waals surface area contributed by atoms with Gasteiger partial charge in [-0.3, -0.25) is 0 Å². The molecule has 10 heavy (non-hydrogen) atoms. The fourth-order valence-corrected chi connectivity index (χ4v) is 1.04. The van der Waals surface area contributed by atoms with Gasteiger partial charge in [0.1, 0.15) is 0 Å². The van der Waals surface area contributed by atoms with Crippen LogP contribution in [0.3, 0.4) is 0 Å². The van der Waals surface area contributed by atoms with Crippen LogP contribution in [0.4, 0.5) is 0 Å². The fourth-order valence-electron chi connectivity index (χ4n) is 0.745. The van der Waals surface area contributed by atoms with Gasteiger partial charge in [0.2, 0.25) is 0 Å². The Morgan fingerprint density at radius 3 is 2.40 bits per heavy atom. The quantitative estimate of drug-likeness (QED) is 0.628. The van der Waals surface area contributed by atoms with Gasteiger partial charge < -0.3 is 5.11 Å². The number of hydrogen-bond donors (Lipinski definition) is 1. The van der Waals surface area contributed by atoms with Crippen molar-refractivity contribution in [3.05, 3.63) is 10.6 Å². The number of carbonyl (C=O) groups is 1. The Morgan fingerprint density at radius 1 is 1.60 bits per heavy atom. The third-order valence-electron chi connectivity index (χ3n) is 1.61. The molecular formula is C7H9ClO2. The van der Waals surface area contributed by atoms with E-state index in [9.17, 15) is 4.79 Å². The molecule has 0 bridgehead atoms. The topological polar surface area (TPSA) is 37.3 Å². The minimum absolute atomic E-state index is 0.296. The van der Waals surface area contributed by atoms with E-state index in [1.807, 2.05) is 0 Å². The van der Waals surface area contributed by atoms with Crippen molar-refractivity contribution in [2.24, 2.45) is 5.92 Å². The first-order valence-corrected chi connectivity index (χ1v) is 3.60. The van der Waals surface area contributed by atoms with E-state index in [-0.39, 0.29) is 0 Å². The molecule has 0 aromatic heterocycles. The van der Waals surface area contributed by atoms with Gasteiger partial charge in [0, 0.05) is 10.6 Å². The summed E-state index contributed by atoms with van der Waals surface area (Å²) in [5.41, 5.74) is 0.296. The molecule has 1 aliphatic carbocycles. The zero-order chi connectivity index (χ0) is 7.72. The molecule has 0 amide bonds. The summed E-state index contributed by atoms with van der Waals surface area (Å²) in [7, 11) is 0. The maximum absolute atomic E-state index is 10.3. The second kappa shape index (κ2) is 2.62.